The predicted molar refractivity (Wildman–Crippen MR) is 76.2 cm³/mol. The van der Waals surface area contributed by atoms with Crippen LogP contribution in [0, 0.1) is 11.3 Å². The van der Waals surface area contributed by atoms with Crippen LogP contribution in [-0.4, -0.2) is 17.1 Å². The van der Waals surface area contributed by atoms with E-state index in [1.54, 1.807) is 25.4 Å². The summed E-state index contributed by atoms with van der Waals surface area (Å²) in [6.45, 7) is 0. The van der Waals surface area contributed by atoms with Gasteiger partial charge in [0.15, 0.2) is 0 Å². The Balaban J connectivity index is 2.32. The predicted octanol–water partition coefficient (Wildman–Crippen LogP) is 3.18. The summed E-state index contributed by atoms with van der Waals surface area (Å²) in [7, 11) is 1.57. The van der Waals surface area contributed by atoms with Gasteiger partial charge >= 0.3 is 0 Å². The summed E-state index contributed by atoms with van der Waals surface area (Å²) in [5.74, 6) is 0.471. The van der Waals surface area contributed by atoms with Crippen molar-refractivity contribution in [2.24, 2.45) is 0 Å². The molecule has 4 heteroatoms. The quantitative estimate of drug-likeness (QED) is 0.711. The molecule has 0 amide bonds. The average molecular weight is 261 g/mol. The molecular weight excluding hydrogens is 250 g/mol. The Labute approximate surface area is 116 Å². The van der Waals surface area contributed by atoms with Crippen LogP contribution in [0.3, 0.4) is 0 Å². The van der Waals surface area contributed by atoms with E-state index in [0.29, 0.717) is 17.1 Å². The lowest BCUT2D eigenvalue weighted by atomic mass is 10.1. The van der Waals surface area contributed by atoms with Crippen molar-refractivity contribution in [3.05, 3.63) is 54.2 Å². The number of aromatic nitrogens is 2. The van der Waals surface area contributed by atoms with E-state index in [2.05, 4.69) is 16.0 Å². The molecule has 1 aromatic carbocycles. The van der Waals surface area contributed by atoms with Crippen LogP contribution in [0.4, 0.5) is 0 Å². The van der Waals surface area contributed by atoms with Crippen LogP contribution >= 0.6 is 0 Å². The molecule has 0 unspecified atom stereocenters. The highest BCUT2D eigenvalue weighted by Crippen LogP contribution is 2.31. The summed E-state index contributed by atoms with van der Waals surface area (Å²) >= 11 is 0. The molecular formula is C16H11N3O. The summed E-state index contributed by atoms with van der Waals surface area (Å²) < 4.78 is 5.35. The normalized spacial score (nSPS) is 10.2. The third kappa shape index (κ3) is 1.95. The lowest BCUT2D eigenvalue weighted by Gasteiger charge is -2.09. The van der Waals surface area contributed by atoms with Crippen molar-refractivity contribution in [2.45, 2.75) is 0 Å². The minimum Gasteiger partial charge on any atom is -0.480 e. The Hall–Kier alpha value is -2.93. The summed E-state index contributed by atoms with van der Waals surface area (Å²) in [5.41, 5.74) is 2.67. The van der Waals surface area contributed by atoms with Crippen LogP contribution in [0.2, 0.25) is 0 Å². The van der Waals surface area contributed by atoms with Gasteiger partial charge in [0.25, 0.3) is 0 Å². The number of fused-ring (bicyclic) bond motifs is 1. The lowest BCUT2D eigenvalue weighted by molar-refractivity contribution is 0.401. The SMILES string of the molecule is COc1nc2ccccc2cc1-c1ncccc1C#N. The van der Waals surface area contributed by atoms with Crippen molar-refractivity contribution in [3.63, 3.8) is 0 Å². The molecule has 0 aliphatic carbocycles. The second-order valence-corrected chi connectivity index (χ2v) is 4.25. The van der Waals surface area contributed by atoms with Gasteiger partial charge in [0.1, 0.15) is 6.07 Å². The zero-order chi connectivity index (χ0) is 13.9. The fourth-order valence-corrected chi connectivity index (χ4v) is 2.13. The van der Waals surface area contributed by atoms with Crippen molar-refractivity contribution >= 4 is 10.9 Å². The maximum Gasteiger partial charge on any atom is 0.223 e. The summed E-state index contributed by atoms with van der Waals surface area (Å²) in [5, 5.41) is 10.2. The van der Waals surface area contributed by atoms with E-state index in [1.807, 2.05) is 30.3 Å². The minimum atomic E-state index is 0.471. The largest absolute Gasteiger partial charge is 0.480 e. The second kappa shape index (κ2) is 4.98. The standard InChI is InChI=1S/C16H11N3O/c1-20-16-13(15-12(10-17)6-4-8-18-15)9-11-5-2-3-7-14(11)19-16/h2-9H,1H3. The van der Waals surface area contributed by atoms with Gasteiger partial charge in [-0.2, -0.15) is 5.26 Å². The van der Waals surface area contributed by atoms with Crippen molar-refractivity contribution in [1.29, 1.82) is 5.26 Å². The lowest BCUT2D eigenvalue weighted by Crippen LogP contribution is -1.96. The van der Waals surface area contributed by atoms with Gasteiger partial charge in [0, 0.05) is 11.6 Å². The number of ether oxygens (including phenoxy) is 1. The molecule has 0 bridgehead atoms. The van der Waals surface area contributed by atoms with E-state index in [4.69, 9.17) is 4.74 Å². The van der Waals surface area contributed by atoms with Crippen LogP contribution < -0.4 is 4.74 Å². The van der Waals surface area contributed by atoms with E-state index >= 15 is 0 Å². The van der Waals surface area contributed by atoms with Crippen molar-refractivity contribution in [2.75, 3.05) is 7.11 Å². The van der Waals surface area contributed by atoms with E-state index < -0.39 is 0 Å². The fourth-order valence-electron chi connectivity index (χ4n) is 2.13. The molecule has 0 atom stereocenters. The van der Waals surface area contributed by atoms with Crippen LogP contribution in [0.5, 0.6) is 5.88 Å². The Morgan fingerprint density at radius 3 is 2.80 bits per heavy atom. The highest BCUT2D eigenvalue weighted by molar-refractivity contribution is 5.86. The Kier molecular flexibility index (Phi) is 3.02. The molecule has 0 aliphatic heterocycles. The van der Waals surface area contributed by atoms with Crippen LogP contribution in [0.1, 0.15) is 5.56 Å². The van der Waals surface area contributed by atoms with Gasteiger partial charge in [0.2, 0.25) is 5.88 Å². The topological polar surface area (TPSA) is 58.8 Å². The Morgan fingerprint density at radius 2 is 2.00 bits per heavy atom. The molecule has 3 aromatic rings. The molecule has 0 spiro atoms. The van der Waals surface area contributed by atoms with E-state index in [9.17, 15) is 5.26 Å². The molecule has 0 fully saturated rings. The van der Waals surface area contributed by atoms with Crippen molar-refractivity contribution in [1.82, 2.24) is 9.97 Å². The first-order chi connectivity index (χ1) is 9.83. The molecule has 0 radical (unpaired) electrons. The van der Waals surface area contributed by atoms with E-state index in [0.717, 1.165) is 16.5 Å². The number of hydrogen-bond acceptors (Lipinski definition) is 4. The third-order valence-corrected chi connectivity index (χ3v) is 3.07. The molecule has 0 N–H and O–H groups in total. The minimum absolute atomic E-state index is 0.471. The van der Waals surface area contributed by atoms with Gasteiger partial charge in [-0.1, -0.05) is 18.2 Å². The summed E-state index contributed by atoms with van der Waals surface area (Å²) in [4.78, 5) is 8.77. The zero-order valence-electron chi connectivity index (χ0n) is 10.9. The number of para-hydroxylation sites is 1. The van der Waals surface area contributed by atoms with E-state index in [1.165, 1.54) is 0 Å². The molecule has 96 valence electrons. The van der Waals surface area contributed by atoms with Crippen LogP contribution in [0.25, 0.3) is 22.2 Å². The monoisotopic (exact) mass is 261 g/mol. The van der Waals surface area contributed by atoms with Crippen LogP contribution in [0.15, 0.2) is 48.7 Å². The first-order valence-corrected chi connectivity index (χ1v) is 6.13. The maximum absolute atomic E-state index is 9.21. The molecule has 2 heterocycles. The number of pyridine rings is 2. The summed E-state index contributed by atoms with van der Waals surface area (Å²) in [6, 6.07) is 15.3. The fraction of sp³-hybridized carbons (Fsp3) is 0.0625. The molecule has 3 rings (SSSR count). The molecule has 2 aromatic heterocycles. The molecule has 0 saturated carbocycles. The van der Waals surface area contributed by atoms with Crippen molar-refractivity contribution < 1.29 is 4.74 Å². The van der Waals surface area contributed by atoms with Crippen molar-refractivity contribution in [3.8, 4) is 23.2 Å². The molecule has 0 aliphatic rings. The average Bonchev–Trinajstić information content (AvgIpc) is 2.53. The number of rotatable bonds is 2. The first kappa shape index (κ1) is 12.1. The number of nitriles is 1. The Bertz CT molecular complexity index is 821. The van der Waals surface area contributed by atoms with Gasteiger partial charge in [-0.05, 0) is 24.3 Å². The molecule has 4 nitrogen and oxygen atoms in total. The van der Waals surface area contributed by atoms with Gasteiger partial charge in [0.05, 0.1) is 29.4 Å². The first-order valence-electron chi connectivity index (χ1n) is 6.13. The third-order valence-electron chi connectivity index (χ3n) is 3.07. The second-order valence-electron chi connectivity index (χ2n) is 4.25. The summed E-state index contributed by atoms with van der Waals surface area (Å²) in [6.07, 6.45) is 1.66. The van der Waals surface area contributed by atoms with E-state index in [-0.39, 0.29) is 0 Å². The van der Waals surface area contributed by atoms with Gasteiger partial charge in [-0.3, -0.25) is 4.98 Å². The number of methoxy groups -OCH3 is 1. The highest BCUT2D eigenvalue weighted by atomic mass is 16.5. The van der Waals surface area contributed by atoms with Gasteiger partial charge < -0.3 is 4.74 Å². The molecule has 0 saturated heterocycles. The number of hydrogen-bond donors (Lipinski definition) is 0. The smallest absolute Gasteiger partial charge is 0.223 e. The highest BCUT2D eigenvalue weighted by Gasteiger charge is 2.14. The number of nitrogens with zero attached hydrogens (tertiary/aromatic N) is 3. The molecule has 20 heavy (non-hydrogen) atoms. The Morgan fingerprint density at radius 1 is 1.15 bits per heavy atom. The number of benzene rings is 1. The zero-order valence-corrected chi connectivity index (χ0v) is 10.9. The maximum atomic E-state index is 9.21. The van der Waals surface area contributed by atoms with Gasteiger partial charge in [-0.15, -0.1) is 0 Å². The van der Waals surface area contributed by atoms with Gasteiger partial charge in [-0.25, -0.2) is 4.98 Å². The van der Waals surface area contributed by atoms with Crippen LogP contribution in [-0.2, 0) is 0 Å².